The van der Waals surface area contributed by atoms with E-state index in [4.69, 9.17) is 16.0 Å². The highest BCUT2D eigenvalue weighted by atomic mass is 35.5. The number of phenolic OH excluding ortho intramolecular Hbond substituents is 1. The smallest absolute Gasteiger partial charge is 0.155 e. The summed E-state index contributed by atoms with van der Waals surface area (Å²) in [6, 6.07) is 16.3. The third-order valence-corrected chi connectivity index (χ3v) is 3.91. The SMILES string of the molecule is Oc1ccc(C=Cc2cc(-c3cc4cc(Cl)ccc4o3)n[nH]2)cc1. The normalized spacial score (nSPS) is 11.5. The average molecular weight is 337 g/mol. The number of phenols is 1. The van der Waals surface area contributed by atoms with Crippen molar-refractivity contribution in [3.8, 4) is 17.2 Å². The Hall–Kier alpha value is -2.98. The molecule has 2 N–H and O–H groups in total. The van der Waals surface area contributed by atoms with Gasteiger partial charge < -0.3 is 9.52 Å². The Kier molecular flexibility index (Phi) is 3.59. The lowest BCUT2D eigenvalue weighted by molar-refractivity contribution is 0.475. The van der Waals surface area contributed by atoms with Gasteiger partial charge in [0.2, 0.25) is 0 Å². The Morgan fingerprint density at radius 3 is 2.67 bits per heavy atom. The molecule has 5 heteroatoms. The second-order valence-corrected chi connectivity index (χ2v) is 5.86. The van der Waals surface area contributed by atoms with Crippen LogP contribution in [0.1, 0.15) is 11.3 Å². The van der Waals surface area contributed by atoms with E-state index in [1.54, 1.807) is 18.2 Å². The van der Waals surface area contributed by atoms with Crippen molar-refractivity contribution in [2.24, 2.45) is 0 Å². The number of benzene rings is 2. The lowest BCUT2D eigenvalue weighted by atomic mass is 10.2. The molecule has 4 rings (SSSR count). The van der Waals surface area contributed by atoms with Gasteiger partial charge in [0.15, 0.2) is 5.76 Å². The van der Waals surface area contributed by atoms with Crippen molar-refractivity contribution in [1.29, 1.82) is 0 Å². The molecule has 0 saturated carbocycles. The lowest BCUT2D eigenvalue weighted by Crippen LogP contribution is -1.73. The molecule has 0 saturated heterocycles. The number of nitrogens with one attached hydrogen (secondary N) is 1. The van der Waals surface area contributed by atoms with Crippen LogP contribution < -0.4 is 0 Å². The fourth-order valence-corrected chi connectivity index (χ4v) is 2.64. The summed E-state index contributed by atoms with van der Waals surface area (Å²) < 4.78 is 5.81. The van der Waals surface area contributed by atoms with Gasteiger partial charge >= 0.3 is 0 Å². The van der Waals surface area contributed by atoms with Crippen molar-refractivity contribution < 1.29 is 9.52 Å². The van der Waals surface area contributed by atoms with Crippen LogP contribution >= 0.6 is 11.6 Å². The van der Waals surface area contributed by atoms with Gasteiger partial charge in [0.1, 0.15) is 17.0 Å². The Morgan fingerprint density at radius 2 is 1.83 bits per heavy atom. The highest BCUT2D eigenvalue weighted by Gasteiger charge is 2.09. The van der Waals surface area contributed by atoms with Crippen LogP contribution in [0.3, 0.4) is 0 Å². The molecule has 2 aromatic heterocycles. The van der Waals surface area contributed by atoms with E-state index < -0.39 is 0 Å². The predicted molar refractivity (Wildman–Crippen MR) is 95.8 cm³/mol. The van der Waals surface area contributed by atoms with Gasteiger partial charge in [0, 0.05) is 10.4 Å². The molecule has 0 fully saturated rings. The molecule has 0 amide bonds. The molecule has 4 aromatic rings. The summed E-state index contributed by atoms with van der Waals surface area (Å²) in [6.07, 6.45) is 3.86. The van der Waals surface area contributed by atoms with Crippen molar-refractivity contribution in [2.75, 3.05) is 0 Å². The number of aromatic nitrogens is 2. The molecule has 0 unspecified atom stereocenters. The standard InChI is InChI=1S/C19H13ClN2O2/c20-14-4-8-18-13(9-14)10-19(24-18)17-11-15(21-22-17)5-1-12-2-6-16(23)7-3-12/h1-11,23H,(H,21,22). The summed E-state index contributed by atoms with van der Waals surface area (Å²) >= 11 is 6.00. The van der Waals surface area contributed by atoms with Gasteiger partial charge in [-0.1, -0.05) is 29.8 Å². The minimum absolute atomic E-state index is 0.251. The first-order chi connectivity index (χ1) is 11.7. The lowest BCUT2D eigenvalue weighted by Gasteiger charge is -1.93. The summed E-state index contributed by atoms with van der Waals surface area (Å²) in [5.41, 5.74) is 3.35. The van der Waals surface area contributed by atoms with Crippen LogP contribution in [0, 0.1) is 0 Å². The molecule has 0 atom stereocenters. The molecule has 118 valence electrons. The van der Waals surface area contributed by atoms with Gasteiger partial charge in [-0.05, 0) is 54.1 Å². The second-order valence-electron chi connectivity index (χ2n) is 5.43. The van der Waals surface area contributed by atoms with Gasteiger partial charge in [-0.2, -0.15) is 5.10 Å². The molecule has 24 heavy (non-hydrogen) atoms. The number of hydrogen-bond donors (Lipinski definition) is 2. The molecule has 4 nitrogen and oxygen atoms in total. The molecule has 2 aromatic carbocycles. The van der Waals surface area contributed by atoms with Gasteiger partial charge in [-0.25, -0.2) is 0 Å². The fourth-order valence-electron chi connectivity index (χ4n) is 2.46. The zero-order chi connectivity index (χ0) is 16.5. The number of aromatic hydroxyl groups is 1. The molecule has 0 aliphatic rings. The fraction of sp³-hybridized carbons (Fsp3) is 0. The van der Waals surface area contributed by atoms with Crippen LogP contribution in [-0.4, -0.2) is 15.3 Å². The van der Waals surface area contributed by atoms with Crippen molar-refractivity contribution in [3.05, 3.63) is 70.9 Å². The van der Waals surface area contributed by atoms with E-state index in [9.17, 15) is 5.11 Å². The molecular formula is C19H13ClN2O2. The van der Waals surface area contributed by atoms with Gasteiger partial charge in [-0.3, -0.25) is 5.10 Å². The summed E-state index contributed by atoms with van der Waals surface area (Å²) in [4.78, 5) is 0. The monoisotopic (exact) mass is 336 g/mol. The number of rotatable bonds is 3. The Bertz CT molecular complexity index is 1030. The van der Waals surface area contributed by atoms with Gasteiger partial charge in [-0.15, -0.1) is 0 Å². The van der Waals surface area contributed by atoms with Crippen LogP contribution in [0.5, 0.6) is 5.75 Å². The summed E-state index contributed by atoms with van der Waals surface area (Å²) in [7, 11) is 0. The number of H-pyrrole nitrogens is 1. The number of nitrogens with zero attached hydrogens (tertiary/aromatic N) is 1. The van der Waals surface area contributed by atoms with Crippen LogP contribution in [0.2, 0.25) is 5.02 Å². The second kappa shape index (κ2) is 5.91. The number of fused-ring (bicyclic) bond motifs is 1. The quantitative estimate of drug-likeness (QED) is 0.530. The van der Waals surface area contributed by atoms with Crippen LogP contribution in [0.25, 0.3) is 34.6 Å². The van der Waals surface area contributed by atoms with Crippen molar-refractivity contribution >= 4 is 34.7 Å². The molecule has 2 heterocycles. The molecule has 0 bridgehead atoms. The zero-order valence-corrected chi connectivity index (χ0v) is 13.3. The number of aromatic amines is 1. The highest BCUT2D eigenvalue weighted by molar-refractivity contribution is 6.31. The topological polar surface area (TPSA) is 62.1 Å². The summed E-state index contributed by atoms with van der Waals surface area (Å²) in [5.74, 6) is 0.939. The first-order valence-corrected chi connectivity index (χ1v) is 7.77. The zero-order valence-electron chi connectivity index (χ0n) is 12.5. The van der Waals surface area contributed by atoms with Crippen molar-refractivity contribution in [2.45, 2.75) is 0 Å². The maximum Gasteiger partial charge on any atom is 0.155 e. The largest absolute Gasteiger partial charge is 0.508 e. The predicted octanol–water partition coefficient (Wildman–Crippen LogP) is 5.35. The maximum atomic E-state index is 9.29. The van der Waals surface area contributed by atoms with E-state index >= 15 is 0 Å². The van der Waals surface area contributed by atoms with Gasteiger partial charge in [0.25, 0.3) is 0 Å². The molecule has 0 aliphatic heterocycles. The van der Waals surface area contributed by atoms with E-state index in [1.807, 2.05) is 48.6 Å². The van der Waals surface area contributed by atoms with Crippen LogP contribution in [0.15, 0.2) is 59.0 Å². The first kappa shape index (κ1) is 14.6. The summed E-state index contributed by atoms with van der Waals surface area (Å²) in [5, 5.41) is 18.2. The van der Waals surface area contributed by atoms with E-state index in [1.165, 1.54) is 0 Å². The van der Waals surface area contributed by atoms with Crippen molar-refractivity contribution in [1.82, 2.24) is 10.2 Å². The number of halogens is 1. The number of hydrogen-bond acceptors (Lipinski definition) is 3. The third-order valence-electron chi connectivity index (χ3n) is 3.68. The van der Waals surface area contributed by atoms with Crippen LogP contribution in [-0.2, 0) is 0 Å². The van der Waals surface area contributed by atoms with E-state index in [0.717, 1.165) is 27.9 Å². The van der Waals surface area contributed by atoms with E-state index in [2.05, 4.69) is 10.2 Å². The maximum absolute atomic E-state index is 9.29. The highest BCUT2D eigenvalue weighted by Crippen LogP contribution is 2.29. The molecule has 0 spiro atoms. The minimum Gasteiger partial charge on any atom is -0.508 e. The van der Waals surface area contributed by atoms with Crippen molar-refractivity contribution in [3.63, 3.8) is 0 Å². The van der Waals surface area contributed by atoms with Gasteiger partial charge in [0.05, 0.1) is 5.69 Å². The number of furan rings is 1. The molecular weight excluding hydrogens is 324 g/mol. The molecule has 0 radical (unpaired) electrons. The van der Waals surface area contributed by atoms with E-state index in [-0.39, 0.29) is 5.75 Å². The minimum atomic E-state index is 0.251. The Morgan fingerprint density at radius 1 is 1.00 bits per heavy atom. The molecule has 0 aliphatic carbocycles. The van der Waals surface area contributed by atoms with E-state index in [0.29, 0.717) is 10.8 Å². The Labute approximate surface area is 143 Å². The summed E-state index contributed by atoms with van der Waals surface area (Å²) in [6.45, 7) is 0. The average Bonchev–Trinajstić information content (AvgIpc) is 3.20. The Balaban J connectivity index is 1.60. The third kappa shape index (κ3) is 2.92. The first-order valence-electron chi connectivity index (χ1n) is 7.39. The van der Waals surface area contributed by atoms with Crippen LogP contribution in [0.4, 0.5) is 0 Å².